The van der Waals surface area contributed by atoms with Gasteiger partial charge in [0.1, 0.15) is 0 Å². The Kier molecular flexibility index (Phi) is 4.87. The van der Waals surface area contributed by atoms with Crippen LogP contribution in [-0.2, 0) is 17.7 Å². The predicted octanol–water partition coefficient (Wildman–Crippen LogP) is 2.58. The van der Waals surface area contributed by atoms with Crippen LogP contribution in [-0.4, -0.2) is 33.7 Å². The zero-order chi connectivity index (χ0) is 14.0. The molecule has 0 radical (unpaired) electrons. The van der Waals surface area contributed by atoms with Crippen molar-refractivity contribution in [2.45, 2.75) is 58.8 Å². The molecule has 2 rings (SSSR count). The summed E-state index contributed by atoms with van der Waals surface area (Å²) in [4.78, 5) is 0. The predicted molar refractivity (Wildman–Crippen MR) is 75.5 cm³/mol. The van der Waals surface area contributed by atoms with Crippen LogP contribution in [0.5, 0.6) is 0 Å². The minimum atomic E-state index is -0.508. The molecular weight excluding hydrogens is 264 g/mol. The number of hydrogen-bond acceptors (Lipinski definition) is 3. The van der Waals surface area contributed by atoms with Crippen LogP contribution < -0.4 is 0 Å². The van der Waals surface area contributed by atoms with Gasteiger partial charge in [0.25, 0.3) is 0 Å². The molecule has 0 aliphatic heterocycles. The van der Waals surface area contributed by atoms with Crippen LogP contribution in [0.2, 0.25) is 5.02 Å². The zero-order valence-electron chi connectivity index (χ0n) is 11.9. The van der Waals surface area contributed by atoms with Crippen molar-refractivity contribution in [1.82, 2.24) is 9.78 Å². The monoisotopic (exact) mass is 286 g/mol. The van der Waals surface area contributed by atoms with Gasteiger partial charge in [-0.1, -0.05) is 11.6 Å². The van der Waals surface area contributed by atoms with Gasteiger partial charge in [-0.25, -0.2) is 0 Å². The van der Waals surface area contributed by atoms with Crippen molar-refractivity contribution in [3.63, 3.8) is 0 Å². The molecule has 1 N–H and O–H groups in total. The summed E-state index contributed by atoms with van der Waals surface area (Å²) in [6.45, 7) is 7.29. The Morgan fingerprint density at radius 3 is 2.68 bits per heavy atom. The number of aryl methyl sites for hydroxylation is 2. The van der Waals surface area contributed by atoms with Crippen LogP contribution in [0.4, 0.5) is 0 Å². The molecule has 1 aliphatic carbocycles. The van der Waals surface area contributed by atoms with Gasteiger partial charge >= 0.3 is 0 Å². The Bertz CT molecular complexity index is 429. The van der Waals surface area contributed by atoms with Gasteiger partial charge in [-0.2, -0.15) is 5.10 Å². The molecule has 0 amide bonds. The van der Waals surface area contributed by atoms with Gasteiger partial charge in [-0.15, -0.1) is 0 Å². The summed E-state index contributed by atoms with van der Waals surface area (Å²) < 4.78 is 7.57. The highest BCUT2D eigenvalue weighted by molar-refractivity contribution is 6.31. The summed E-state index contributed by atoms with van der Waals surface area (Å²) in [6.07, 6.45) is 2.24. The van der Waals surface area contributed by atoms with Crippen LogP contribution in [0.3, 0.4) is 0 Å². The van der Waals surface area contributed by atoms with Gasteiger partial charge in [0.05, 0.1) is 28.6 Å². The largest absolute Gasteiger partial charge is 0.390 e. The highest BCUT2D eigenvalue weighted by atomic mass is 35.5. The summed E-state index contributed by atoms with van der Waals surface area (Å²) in [6, 6.07) is 0. The fraction of sp³-hybridized carbons (Fsp3) is 0.786. The molecule has 5 heteroatoms. The van der Waals surface area contributed by atoms with Crippen molar-refractivity contribution in [3.05, 3.63) is 16.4 Å². The second-order valence-electron chi connectivity index (χ2n) is 5.19. The van der Waals surface area contributed by atoms with Gasteiger partial charge in [0.15, 0.2) is 0 Å². The van der Waals surface area contributed by atoms with Crippen LogP contribution in [0.1, 0.15) is 38.1 Å². The molecule has 1 aliphatic rings. The second-order valence-corrected chi connectivity index (χ2v) is 5.57. The molecule has 0 bridgehead atoms. The first kappa shape index (κ1) is 14.8. The lowest BCUT2D eigenvalue weighted by atomic mass is 10.0. The minimum absolute atomic E-state index is 0.0680. The number of nitrogens with zero attached hydrogens (tertiary/aromatic N) is 2. The fourth-order valence-corrected chi connectivity index (χ4v) is 2.77. The SMILES string of the molecule is CCOC(C(O)Cc1c(Cl)c(C)nn1CC)C1CC1. The smallest absolute Gasteiger partial charge is 0.0865 e. The Morgan fingerprint density at radius 2 is 2.16 bits per heavy atom. The third kappa shape index (κ3) is 3.30. The molecule has 2 atom stereocenters. The van der Waals surface area contributed by atoms with E-state index in [0.29, 0.717) is 24.0 Å². The van der Waals surface area contributed by atoms with E-state index in [1.54, 1.807) is 0 Å². The highest BCUT2D eigenvalue weighted by Crippen LogP contribution is 2.37. The zero-order valence-corrected chi connectivity index (χ0v) is 12.7. The summed E-state index contributed by atoms with van der Waals surface area (Å²) >= 11 is 6.28. The van der Waals surface area contributed by atoms with Crippen molar-refractivity contribution in [1.29, 1.82) is 0 Å². The lowest BCUT2D eigenvalue weighted by molar-refractivity contribution is -0.0446. The third-order valence-electron chi connectivity index (χ3n) is 3.68. The maximum Gasteiger partial charge on any atom is 0.0865 e. The fourth-order valence-electron chi connectivity index (χ4n) is 2.56. The van der Waals surface area contributed by atoms with Crippen LogP contribution in [0, 0.1) is 12.8 Å². The van der Waals surface area contributed by atoms with Crippen LogP contribution in [0.15, 0.2) is 0 Å². The highest BCUT2D eigenvalue weighted by Gasteiger charge is 2.37. The van der Waals surface area contributed by atoms with Crippen LogP contribution in [0.25, 0.3) is 0 Å². The van der Waals surface area contributed by atoms with E-state index in [2.05, 4.69) is 5.10 Å². The van der Waals surface area contributed by atoms with E-state index in [9.17, 15) is 5.11 Å². The Morgan fingerprint density at radius 1 is 1.47 bits per heavy atom. The maximum absolute atomic E-state index is 10.4. The summed E-state index contributed by atoms with van der Waals surface area (Å²) in [7, 11) is 0. The van der Waals surface area contributed by atoms with Crippen molar-refractivity contribution in [3.8, 4) is 0 Å². The minimum Gasteiger partial charge on any atom is -0.390 e. The van der Waals surface area contributed by atoms with Crippen LogP contribution >= 0.6 is 11.6 Å². The van der Waals surface area contributed by atoms with E-state index in [-0.39, 0.29) is 6.10 Å². The molecule has 2 unspecified atom stereocenters. The van der Waals surface area contributed by atoms with Gasteiger partial charge in [0.2, 0.25) is 0 Å². The molecule has 0 saturated heterocycles. The van der Waals surface area contributed by atoms with Gasteiger partial charge in [-0.05, 0) is 39.5 Å². The molecular formula is C14H23ClN2O2. The summed E-state index contributed by atoms with van der Waals surface area (Å²) in [5.41, 5.74) is 1.74. The number of aromatic nitrogens is 2. The summed E-state index contributed by atoms with van der Waals surface area (Å²) in [5, 5.41) is 15.5. The van der Waals surface area contributed by atoms with E-state index in [4.69, 9.17) is 16.3 Å². The normalized spacial score (nSPS) is 18.6. The topological polar surface area (TPSA) is 47.3 Å². The van der Waals surface area contributed by atoms with Crippen molar-refractivity contribution in [2.75, 3.05) is 6.61 Å². The van der Waals surface area contributed by atoms with E-state index in [1.807, 2.05) is 25.5 Å². The van der Waals surface area contributed by atoms with E-state index in [0.717, 1.165) is 30.8 Å². The first-order chi connectivity index (χ1) is 9.08. The number of aliphatic hydroxyl groups is 1. The van der Waals surface area contributed by atoms with E-state index in [1.165, 1.54) is 0 Å². The Labute approximate surface area is 119 Å². The average Bonchev–Trinajstić information content (AvgIpc) is 3.18. The molecule has 4 nitrogen and oxygen atoms in total. The molecule has 1 aromatic heterocycles. The molecule has 1 aromatic rings. The summed E-state index contributed by atoms with van der Waals surface area (Å²) in [5.74, 6) is 0.507. The molecule has 19 heavy (non-hydrogen) atoms. The van der Waals surface area contributed by atoms with E-state index >= 15 is 0 Å². The average molecular weight is 287 g/mol. The second kappa shape index (κ2) is 6.25. The molecule has 0 aromatic carbocycles. The lowest BCUT2D eigenvalue weighted by Crippen LogP contribution is -2.33. The number of halogens is 1. The first-order valence-electron chi connectivity index (χ1n) is 7.09. The maximum atomic E-state index is 10.4. The molecule has 1 fully saturated rings. The number of aliphatic hydroxyl groups excluding tert-OH is 1. The number of ether oxygens (including phenoxy) is 1. The standard InChI is InChI=1S/C14H23ClN2O2/c1-4-17-11(13(15)9(3)16-17)8-12(18)14(19-5-2)10-6-7-10/h10,12,14,18H,4-8H2,1-3H3. The lowest BCUT2D eigenvalue weighted by Gasteiger charge is -2.23. The van der Waals surface area contributed by atoms with Crippen molar-refractivity contribution >= 4 is 11.6 Å². The van der Waals surface area contributed by atoms with Crippen molar-refractivity contribution < 1.29 is 9.84 Å². The molecule has 0 spiro atoms. The van der Waals surface area contributed by atoms with Crippen molar-refractivity contribution in [2.24, 2.45) is 5.92 Å². The van der Waals surface area contributed by atoms with Gasteiger partial charge in [-0.3, -0.25) is 4.68 Å². The third-order valence-corrected chi connectivity index (χ3v) is 4.17. The molecule has 1 heterocycles. The molecule has 108 valence electrons. The quantitative estimate of drug-likeness (QED) is 0.838. The number of hydrogen-bond donors (Lipinski definition) is 1. The number of rotatable bonds is 7. The van der Waals surface area contributed by atoms with E-state index < -0.39 is 6.10 Å². The van der Waals surface area contributed by atoms with Gasteiger partial charge in [0, 0.05) is 19.6 Å². The Hall–Kier alpha value is -0.580. The first-order valence-corrected chi connectivity index (χ1v) is 7.47. The van der Waals surface area contributed by atoms with Gasteiger partial charge < -0.3 is 9.84 Å². The molecule has 1 saturated carbocycles. The Balaban J connectivity index is 2.10.